The Morgan fingerprint density at radius 1 is 1.42 bits per heavy atom. The third kappa shape index (κ3) is 4.27. The zero-order valence-electron chi connectivity index (χ0n) is 14.2. The summed E-state index contributed by atoms with van der Waals surface area (Å²) in [6.07, 6.45) is 0.708. The van der Waals surface area contributed by atoms with Gasteiger partial charge in [0, 0.05) is 17.8 Å². The second-order valence-corrected chi connectivity index (χ2v) is 6.01. The maximum absolute atomic E-state index is 12.5. The summed E-state index contributed by atoms with van der Waals surface area (Å²) in [7, 11) is 1.93. The summed E-state index contributed by atoms with van der Waals surface area (Å²) < 4.78 is 7.60. The van der Waals surface area contributed by atoms with Crippen molar-refractivity contribution in [2.24, 2.45) is 12.8 Å². The van der Waals surface area contributed by atoms with E-state index in [9.17, 15) is 4.79 Å². The first-order valence-corrected chi connectivity index (χ1v) is 8.21. The van der Waals surface area contributed by atoms with Gasteiger partial charge in [-0.1, -0.05) is 11.6 Å². The molecule has 0 aliphatic rings. The molecule has 0 aliphatic heterocycles. The van der Waals surface area contributed by atoms with Gasteiger partial charge in [-0.05, 0) is 45.0 Å². The van der Waals surface area contributed by atoms with Crippen molar-refractivity contribution in [3.63, 3.8) is 0 Å². The van der Waals surface area contributed by atoms with Gasteiger partial charge in [-0.15, -0.1) is 0 Å². The lowest BCUT2D eigenvalue weighted by atomic mass is 10.2. The normalized spacial score (nSPS) is 10.7. The molecule has 0 saturated heterocycles. The van der Waals surface area contributed by atoms with Crippen molar-refractivity contribution in [1.82, 2.24) is 14.9 Å². The minimum Gasteiger partial charge on any atom is -0.493 e. The highest BCUT2D eigenvalue weighted by atomic mass is 35.5. The van der Waals surface area contributed by atoms with E-state index >= 15 is 0 Å². The average Bonchev–Trinajstić information content (AvgIpc) is 2.80. The number of imidazole rings is 1. The van der Waals surface area contributed by atoms with Crippen LogP contribution in [0.15, 0.2) is 18.2 Å². The van der Waals surface area contributed by atoms with Gasteiger partial charge in [0.05, 0.1) is 24.4 Å². The Labute approximate surface area is 147 Å². The van der Waals surface area contributed by atoms with E-state index in [0.29, 0.717) is 42.5 Å². The van der Waals surface area contributed by atoms with Crippen LogP contribution in [-0.2, 0) is 13.6 Å². The summed E-state index contributed by atoms with van der Waals surface area (Å²) in [4.78, 5) is 16.9. The van der Waals surface area contributed by atoms with Gasteiger partial charge in [-0.2, -0.15) is 0 Å². The Balaban J connectivity index is 2.09. The second-order valence-electron chi connectivity index (χ2n) is 5.57. The van der Waals surface area contributed by atoms with E-state index in [-0.39, 0.29) is 5.91 Å². The topological polar surface area (TPSA) is 82.2 Å². The summed E-state index contributed by atoms with van der Waals surface area (Å²) in [5, 5.41) is 3.40. The van der Waals surface area contributed by atoms with E-state index in [1.807, 2.05) is 25.5 Å². The van der Waals surface area contributed by atoms with Gasteiger partial charge in [-0.3, -0.25) is 4.79 Å². The highest BCUT2D eigenvalue weighted by molar-refractivity contribution is 6.30. The van der Waals surface area contributed by atoms with Gasteiger partial charge in [0.15, 0.2) is 0 Å². The first-order chi connectivity index (χ1) is 11.4. The Hall–Kier alpha value is -2.05. The van der Waals surface area contributed by atoms with E-state index in [2.05, 4.69) is 10.3 Å². The molecule has 0 atom stereocenters. The molecule has 0 unspecified atom stereocenters. The minimum absolute atomic E-state index is 0.229. The molecule has 2 rings (SSSR count). The summed E-state index contributed by atoms with van der Waals surface area (Å²) in [6, 6.07) is 4.97. The second kappa shape index (κ2) is 8.17. The number of benzene rings is 1. The monoisotopic (exact) mass is 350 g/mol. The van der Waals surface area contributed by atoms with E-state index in [1.54, 1.807) is 18.2 Å². The molecule has 24 heavy (non-hydrogen) atoms. The number of nitrogens with one attached hydrogen (secondary N) is 1. The van der Waals surface area contributed by atoms with Crippen LogP contribution in [0.4, 0.5) is 0 Å². The molecule has 0 bridgehead atoms. The molecule has 1 heterocycles. The zero-order chi connectivity index (χ0) is 17.7. The minimum atomic E-state index is -0.229. The first kappa shape index (κ1) is 18.3. The van der Waals surface area contributed by atoms with E-state index in [4.69, 9.17) is 22.1 Å². The van der Waals surface area contributed by atoms with Crippen molar-refractivity contribution >= 4 is 17.5 Å². The van der Waals surface area contributed by atoms with Crippen molar-refractivity contribution in [3.05, 3.63) is 46.0 Å². The molecule has 2 aromatic rings. The van der Waals surface area contributed by atoms with Gasteiger partial charge < -0.3 is 20.4 Å². The van der Waals surface area contributed by atoms with Crippen LogP contribution >= 0.6 is 11.6 Å². The molecule has 1 aromatic heterocycles. The first-order valence-electron chi connectivity index (χ1n) is 7.83. The maximum Gasteiger partial charge on any atom is 0.255 e. The number of carbonyl (C=O) groups excluding carboxylic acids is 1. The molecule has 0 aliphatic carbocycles. The van der Waals surface area contributed by atoms with Crippen molar-refractivity contribution in [3.8, 4) is 5.75 Å². The van der Waals surface area contributed by atoms with Gasteiger partial charge in [-0.25, -0.2) is 4.98 Å². The van der Waals surface area contributed by atoms with Crippen molar-refractivity contribution in [2.45, 2.75) is 26.8 Å². The van der Waals surface area contributed by atoms with Gasteiger partial charge in [0.25, 0.3) is 5.91 Å². The molecule has 3 N–H and O–H groups in total. The molecule has 130 valence electrons. The smallest absolute Gasteiger partial charge is 0.255 e. The molecular weight excluding hydrogens is 328 g/mol. The number of rotatable bonds is 7. The van der Waals surface area contributed by atoms with Gasteiger partial charge >= 0.3 is 0 Å². The van der Waals surface area contributed by atoms with Crippen LogP contribution in [0.25, 0.3) is 0 Å². The summed E-state index contributed by atoms with van der Waals surface area (Å²) in [6.45, 7) is 5.25. The number of nitrogens with zero attached hydrogens (tertiary/aromatic N) is 2. The molecule has 1 aromatic carbocycles. The number of hydrogen-bond donors (Lipinski definition) is 2. The molecule has 0 saturated carbocycles. The fraction of sp³-hybridized carbons (Fsp3) is 0.412. The molecule has 7 heteroatoms. The number of amides is 1. The predicted molar refractivity (Wildman–Crippen MR) is 94.5 cm³/mol. The summed E-state index contributed by atoms with van der Waals surface area (Å²) >= 11 is 6.00. The van der Waals surface area contributed by atoms with Crippen LogP contribution in [0.1, 0.15) is 34.0 Å². The van der Waals surface area contributed by atoms with Gasteiger partial charge in [0.2, 0.25) is 0 Å². The van der Waals surface area contributed by atoms with Crippen molar-refractivity contribution in [2.75, 3.05) is 13.2 Å². The summed E-state index contributed by atoms with van der Waals surface area (Å²) in [5.41, 5.74) is 7.95. The lowest BCUT2D eigenvalue weighted by molar-refractivity contribution is 0.0945. The third-order valence-electron chi connectivity index (χ3n) is 3.91. The fourth-order valence-electron chi connectivity index (χ4n) is 2.27. The number of hydrogen-bond acceptors (Lipinski definition) is 4. The van der Waals surface area contributed by atoms with E-state index in [0.717, 1.165) is 17.2 Å². The van der Waals surface area contributed by atoms with Crippen LogP contribution in [0, 0.1) is 13.8 Å². The van der Waals surface area contributed by atoms with Crippen molar-refractivity contribution in [1.29, 1.82) is 0 Å². The van der Waals surface area contributed by atoms with Gasteiger partial charge in [0.1, 0.15) is 11.6 Å². The van der Waals surface area contributed by atoms with E-state index < -0.39 is 0 Å². The Kier molecular flexibility index (Phi) is 6.23. The highest BCUT2D eigenvalue weighted by Gasteiger charge is 2.15. The van der Waals surface area contributed by atoms with Crippen LogP contribution < -0.4 is 15.8 Å². The van der Waals surface area contributed by atoms with Crippen LogP contribution in [0.2, 0.25) is 5.02 Å². The van der Waals surface area contributed by atoms with Crippen LogP contribution in [0.3, 0.4) is 0 Å². The third-order valence-corrected chi connectivity index (χ3v) is 4.15. The molecule has 0 radical (unpaired) electrons. The van der Waals surface area contributed by atoms with Crippen LogP contribution in [0.5, 0.6) is 5.75 Å². The summed E-state index contributed by atoms with van der Waals surface area (Å²) in [5.74, 6) is 1.03. The lowest BCUT2D eigenvalue weighted by Crippen LogP contribution is -2.25. The number of aryl methyl sites for hydroxylation is 1. The Morgan fingerprint density at radius 3 is 2.79 bits per heavy atom. The Morgan fingerprint density at radius 2 is 2.17 bits per heavy atom. The molecule has 0 spiro atoms. The number of ether oxygens (including phenoxy) is 1. The Bertz CT molecular complexity index is 728. The molecule has 0 fully saturated rings. The number of nitrogens with two attached hydrogens (primary N) is 1. The standard InChI is InChI=1S/C17H23ClN4O2/c1-11-12(2)22(3)16(21-11)10-20-17(23)14-6-5-13(18)9-15(14)24-8-4-7-19/h5-6,9H,4,7-8,10,19H2,1-3H3,(H,20,23). The quantitative estimate of drug-likeness (QED) is 0.751. The van der Waals surface area contributed by atoms with Crippen LogP contribution in [-0.4, -0.2) is 28.6 Å². The zero-order valence-corrected chi connectivity index (χ0v) is 15.0. The number of halogens is 1. The highest BCUT2D eigenvalue weighted by Crippen LogP contribution is 2.23. The fourth-order valence-corrected chi connectivity index (χ4v) is 2.43. The maximum atomic E-state index is 12.5. The largest absolute Gasteiger partial charge is 0.493 e. The lowest BCUT2D eigenvalue weighted by Gasteiger charge is -2.12. The predicted octanol–water partition coefficient (Wildman–Crippen LogP) is 2.35. The average molecular weight is 351 g/mol. The van der Waals surface area contributed by atoms with Crippen molar-refractivity contribution < 1.29 is 9.53 Å². The van der Waals surface area contributed by atoms with E-state index in [1.165, 1.54) is 0 Å². The molecular formula is C17H23ClN4O2. The number of carbonyl (C=O) groups is 1. The molecule has 6 nitrogen and oxygen atoms in total. The molecule has 1 amide bonds. The number of aromatic nitrogens is 2. The SMILES string of the molecule is Cc1nc(CNC(=O)c2ccc(Cl)cc2OCCCN)n(C)c1C.